The van der Waals surface area contributed by atoms with Crippen LogP contribution in [0, 0.1) is 10.1 Å². The molecule has 0 aliphatic rings. The molecule has 0 saturated carbocycles. The molecule has 0 aliphatic heterocycles. The molecule has 0 radical (unpaired) electrons. The van der Waals surface area contributed by atoms with Crippen molar-refractivity contribution in [2.45, 2.75) is 0 Å². The van der Waals surface area contributed by atoms with Crippen molar-refractivity contribution in [3.05, 3.63) is 39.7 Å². The minimum Gasteiger partial charge on any atom is -0.258 e. The predicted molar refractivity (Wildman–Crippen MR) is 51.2 cm³/mol. The van der Waals surface area contributed by atoms with Crippen molar-refractivity contribution in [3.8, 4) is 0 Å². The Morgan fingerprint density at radius 1 is 1.29 bits per heavy atom. The second kappa shape index (κ2) is 3.19. The molecule has 1 heterocycles. The van der Waals surface area contributed by atoms with Crippen LogP contribution in [0.25, 0.3) is 11.0 Å². The van der Waals surface area contributed by atoms with Crippen molar-refractivity contribution >= 4 is 28.3 Å². The number of nitro groups is 1. The quantitative estimate of drug-likeness (QED) is 0.533. The van der Waals surface area contributed by atoms with Gasteiger partial charge in [-0.3, -0.25) is 15.1 Å². The van der Waals surface area contributed by atoms with Crippen LogP contribution in [-0.4, -0.2) is 14.9 Å². The summed E-state index contributed by atoms with van der Waals surface area (Å²) in [7, 11) is 0. The minimum absolute atomic E-state index is 0.124. The van der Waals surface area contributed by atoms with E-state index in [0.717, 1.165) is 0 Å². The molecule has 0 atom stereocenters. The molecule has 0 aliphatic carbocycles. The molecule has 0 fully saturated rings. The van der Waals surface area contributed by atoms with E-state index in [4.69, 9.17) is 11.6 Å². The summed E-state index contributed by atoms with van der Waals surface area (Å²) in [6.45, 7) is 0. The fraction of sp³-hybridized carbons (Fsp3) is 0. The van der Waals surface area contributed by atoms with Crippen LogP contribution in [0.5, 0.6) is 0 Å². The molecule has 2 aromatic rings. The number of fused-ring (bicyclic) bond motifs is 1. The highest BCUT2D eigenvalue weighted by molar-refractivity contribution is 6.31. The number of non-ortho nitro benzene ring substituents is 1. The predicted octanol–water partition coefficient (Wildman–Crippen LogP) is 2.19. The Balaban J connectivity index is 2.87. The number of rotatable bonds is 1. The van der Waals surface area contributed by atoms with Crippen molar-refractivity contribution in [3.63, 3.8) is 0 Å². The standard InChI is InChI=1S/C8H4ClN3O2/c9-5-3-6-8(11-2-1-10-6)7(4-5)12(13)14/h1-4H. The van der Waals surface area contributed by atoms with Gasteiger partial charge in [-0.1, -0.05) is 11.6 Å². The zero-order valence-electron chi connectivity index (χ0n) is 6.85. The van der Waals surface area contributed by atoms with E-state index >= 15 is 0 Å². The fourth-order valence-corrected chi connectivity index (χ4v) is 1.37. The van der Waals surface area contributed by atoms with Crippen LogP contribution in [-0.2, 0) is 0 Å². The van der Waals surface area contributed by atoms with Crippen molar-refractivity contribution in [2.75, 3.05) is 0 Å². The van der Waals surface area contributed by atoms with Crippen molar-refractivity contribution in [1.29, 1.82) is 0 Å². The van der Waals surface area contributed by atoms with E-state index in [9.17, 15) is 10.1 Å². The van der Waals surface area contributed by atoms with Gasteiger partial charge in [0.05, 0.1) is 10.4 Å². The van der Waals surface area contributed by atoms with Gasteiger partial charge in [-0.05, 0) is 6.07 Å². The van der Waals surface area contributed by atoms with E-state index in [2.05, 4.69) is 9.97 Å². The molecule has 1 aromatic carbocycles. The Labute approximate surface area is 83.5 Å². The second-order valence-electron chi connectivity index (χ2n) is 2.61. The first kappa shape index (κ1) is 8.83. The van der Waals surface area contributed by atoms with Gasteiger partial charge in [-0.2, -0.15) is 0 Å². The van der Waals surface area contributed by atoms with Crippen LogP contribution in [0.4, 0.5) is 5.69 Å². The summed E-state index contributed by atoms with van der Waals surface area (Å²) in [6, 6.07) is 2.80. The lowest BCUT2D eigenvalue weighted by molar-refractivity contribution is -0.383. The molecule has 6 heteroatoms. The van der Waals surface area contributed by atoms with E-state index in [1.807, 2.05) is 0 Å². The Kier molecular flexibility index (Phi) is 2.01. The van der Waals surface area contributed by atoms with Gasteiger partial charge >= 0.3 is 0 Å². The monoisotopic (exact) mass is 209 g/mol. The highest BCUT2D eigenvalue weighted by Gasteiger charge is 2.14. The van der Waals surface area contributed by atoms with Gasteiger partial charge in [0.1, 0.15) is 0 Å². The zero-order valence-corrected chi connectivity index (χ0v) is 7.60. The second-order valence-corrected chi connectivity index (χ2v) is 3.04. The maximum Gasteiger partial charge on any atom is 0.298 e. The molecule has 14 heavy (non-hydrogen) atoms. The molecule has 0 unspecified atom stereocenters. The lowest BCUT2D eigenvalue weighted by Gasteiger charge is -1.97. The van der Waals surface area contributed by atoms with Gasteiger partial charge in [0.25, 0.3) is 5.69 Å². The highest BCUT2D eigenvalue weighted by atomic mass is 35.5. The Hall–Kier alpha value is -1.75. The summed E-state index contributed by atoms with van der Waals surface area (Å²) in [5, 5.41) is 10.9. The largest absolute Gasteiger partial charge is 0.298 e. The van der Waals surface area contributed by atoms with E-state index in [-0.39, 0.29) is 16.2 Å². The first-order chi connectivity index (χ1) is 6.68. The summed E-state index contributed by atoms with van der Waals surface area (Å²) in [4.78, 5) is 17.9. The normalized spacial score (nSPS) is 10.4. The first-order valence-electron chi connectivity index (χ1n) is 3.73. The number of halogens is 1. The van der Waals surface area contributed by atoms with E-state index in [1.165, 1.54) is 24.5 Å². The third-order valence-corrected chi connectivity index (χ3v) is 1.93. The number of hydrogen-bond donors (Lipinski definition) is 0. The molecule has 0 saturated heterocycles. The van der Waals surface area contributed by atoms with Crippen LogP contribution in [0.3, 0.4) is 0 Å². The molecule has 0 spiro atoms. The van der Waals surface area contributed by atoms with E-state index in [1.54, 1.807) is 0 Å². The molecule has 0 bridgehead atoms. The Morgan fingerprint density at radius 3 is 2.71 bits per heavy atom. The minimum atomic E-state index is -0.525. The fourth-order valence-electron chi connectivity index (χ4n) is 1.16. The molecule has 70 valence electrons. The zero-order chi connectivity index (χ0) is 10.1. The van der Waals surface area contributed by atoms with Gasteiger partial charge in [-0.15, -0.1) is 0 Å². The third kappa shape index (κ3) is 1.38. The summed E-state index contributed by atoms with van der Waals surface area (Å²) >= 11 is 5.70. The van der Waals surface area contributed by atoms with Crippen LogP contribution in [0.15, 0.2) is 24.5 Å². The van der Waals surface area contributed by atoms with Crippen LogP contribution < -0.4 is 0 Å². The maximum atomic E-state index is 10.6. The van der Waals surface area contributed by atoms with Gasteiger partial charge in [0, 0.05) is 23.5 Å². The summed E-state index contributed by atoms with van der Waals surface area (Å²) in [6.07, 6.45) is 2.87. The number of nitrogens with zero attached hydrogens (tertiary/aromatic N) is 3. The van der Waals surface area contributed by atoms with E-state index in [0.29, 0.717) is 5.52 Å². The molecule has 1 aromatic heterocycles. The summed E-state index contributed by atoms with van der Waals surface area (Å²) < 4.78 is 0. The van der Waals surface area contributed by atoms with Crippen molar-refractivity contribution < 1.29 is 4.92 Å². The average molecular weight is 210 g/mol. The number of aromatic nitrogens is 2. The molecule has 5 nitrogen and oxygen atoms in total. The summed E-state index contributed by atoms with van der Waals surface area (Å²) in [5.74, 6) is 0. The molecule has 0 amide bonds. The lowest BCUT2D eigenvalue weighted by atomic mass is 10.2. The van der Waals surface area contributed by atoms with Crippen LogP contribution >= 0.6 is 11.6 Å². The van der Waals surface area contributed by atoms with Gasteiger partial charge in [0.15, 0.2) is 5.52 Å². The van der Waals surface area contributed by atoms with Gasteiger partial charge in [-0.25, -0.2) is 4.98 Å². The number of nitro benzene ring substituents is 1. The molecule has 0 N–H and O–H groups in total. The first-order valence-corrected chi connectivity index (χ1v) is 4.11. The van der Waals surface area contributed by atoms with Crippen molar-refractivity contribution in [1.82, 2.24) is 9.97 Å². The maximum absolute atomic E-state index is 10.6. The van der Waals surface area contributed by atoms with Gasteiger partial charge in [0.2, 0.25) is 0 Å². The SMILES string of the molecule is O=[N+]([O-])c1cc(Cl)cc2nccnc12. The third-order valence-electron chi connectivity index (χ3n) is 1.72. The van der Waals surface area contributed by atoms with E-state index < -0.39 is 4.92 Å². The Morgan fingerprint density at radius 2 is 2.00 bits per heavy atom. The van der Waals surface area contributed by atoms with Gasteiger partial charge < -0.3 is 0 Å². The van der Waals surface area contributed by atoms with Crippen LogP contribution in [0.1, 0.15) is 0 Å². The number of hydrogen-bond acceptors (Lipinski definition) is 4. The number of benzene rings is 1. The molecule has 2 rings (SSSR count). The topological polar surface area (TPSA) is 68.9 Å². The van der Waals surface area contributed by atoms with Crippen molar-refractivity contribution in [2.24, 2.45) is 0 Å². The average Bonchev–Trinajstić information content (AvgIpc) is 2.16. The highest BCUT2D eigenvalue weighted by Crippen LogP contribution is 2.26. The Bertz CT molecular complexity index is 515. The molecular formula is C8H4ClN3O2. The summed E-state index contributed by atoms with van der Waals surface area (Å²) in [5.41, 5.74) is 0.550. The smallest absolute Gasteiger partial charge is 0.258 e. The van der Waals surface area contributed by atoms with Crippen LogP contribution in [0.2, 0.25) is 5.02 Å². The molecular weight excluding hydrogens is 206 g/mol. The lowest BCUT2D eigenvalue weighted by Crippen LogP contribution is -1.92.